The number of nitrogens with one attached hydrogen (secondary N) is 3. The summed E-state index contributed by atoms with van der Waals surface area (Å²) >= 11 is 12.4. The number of aromatic amines is 1. The molecule has 3 aromatic rings. The summed E-state index contributed by atoms with van der Waals surface area (Å²) in [5, 5.41) is 6.22. The summed E-state index contributed by atoms with van der Waals surface area (Å²) in [6.07, 6.45) is 2.72. The Morgan fingerprint density at radius 1 is 1.18 bits per heavy atom. The number of fused-ring (bicyclic) bond motifs is 1. The van der Waals surface area contributed by atoms with E-state index in [1.54, 1.807) is 36.2 Å². The predicted octanol–water partition coefficient (Wildman–Crippen LogP) is 3.93. The second-order valence-corrected chi connectivity index (χ2v) is 9.07. The summed E-state index contributed by atoms with van der Waals surface area (Å²) in [6.45, 7) is 0.822. The Balaban J connectivity index is 1.40. The Morgan fingerprint density at radius 2 is 2.00 bits per heavy atom. The van der Waals surface area contributed by atoms with Gasteiger partial charge in [-0.15, -0.1) is 0 Å². The summed E-state index contributed by atoms with van der Waals surface area (Å²) in [7, 11) is 1.60. The van der Waals surface area contributed by atoms with Crippen LogP contribution in [0.3, 0.4) is 0 Å². The first-order chi connectivity index (χ1) is 16.4. The Labute approximate surface area is 207 Å². The van der Waals surface area contributed by atoms with E-state index in [1.807, 2.05) is 6.07 Å². The lowest BCUT2D eigenvalue weighted by Gasteiger charge is -2.25. The minimum Gasteiger partial charge on any atom is -0.359 e. The van der Waals surface area contributed by atoms with Gasteiger partial charge < -0.3 is 20.5 Å². The van der Waals surface area contributed by atoms with Gasteiger partial charge >= 0.3 is 0 Å². The molecular weight excluding hydrogens is 477 g/mol. The highest BCUT2D eigenvalue weighted by Crippen LogP contribution is 2.27. The largest absolute Gasteiger partial charge is 0.359 e. The SMILES string of the molecule is CNC(=O)CCC1CCCN1C(=O)c1ccc(C(=O)NCc2nc3cc(Cl)ccc3[nH]2)cc1Cl. The van der Waals surface area contributed by atoms with Gasteiger partial charge in [-0.1, -0.05) is 23.2 Å². The van der Waals surface area contributed by atoms with E-state index >= 15 is 0 Å². The van der Waals surface area contributed by atoms with E-state index < -0.39 is 0 Å². The first kappa shape index (κ1) is 24.0. The first-order valence-corrected chi connectivity index (χ1v) is 11.8. The fourth-order valence-corrected chi connectivity index (χ4v) is 4.62. The number of amides is 3. The highest BCUT2D eigenvalue weighted by atomic mass is 35.5. The number of H-pyrrole nitrogens is 1. The Bertz CT molecular complexity index is 1240. The molecule has 1 unspecified atom stereocenters. The van der Waals surface area contributed by atoms with E-state index in [1.165, 1.54) is 6.07 Å². The molecule has 10 heteroatoms. The molecule has 0 spiro atoms. The topological polar surface area (TPSA) is 107 Å². The van der Waals surface area contributed by atoms with Crippen LogP contribution >= 0.6 is 23.2 Å². The second-order valence-electron chi connectivity index (χ2n) is 8.23. The van der Waals surface area contributed by atoms with E-state index in [0.717, 1.165) is 23.9 Å². The number of nitrogens with zero attached hydrogens (tertiary/aromatic N) is 2. The maximum Gasteiger partial charge on any atom is 0.255 e. The van der Waals surface area contributed by atoms with Gasteiger partial charge in [0.2, 0.25) is 5.91 Å². The smallest absolute Gasteiger partial charge is 0.255 e. The Morgan fingerprint density at radius 3 is 2.76 bits per heavy atom. The van der Waals surface area contributed by atoms with Gasteiger partial charge in [-0.25, -0.2) is 4.98 Å². The van der Waals surface area contributed by atoms with Crippen LogP contribution in [0.5, 0.6) is 0 Å². The molecule has 0 bridgehead atoms. The van der Waals surface area contributed by atoms with Gasteiger partial charge in [0.15, 0.2) is 0 Å². The van der Waals surface area contributed by atoms with Gasteiger partial charge in [0.05, 0.1) is 28.2 Å². The molecule has 4 rings (SSSR count). The van der Waals surface area contributed by atoms with Crippen molar-refractivity contribution in [2.24, 2.45) is 0 Å². The predicted molar refractivity (Wildman–Crippen MR) is 131 cm³/mol. The zero-order valence-electron chi connectivity index (χ0n) is 18.7. The average Bonchev–Trinajstić information content (AvgIpc) is 3.46. The van der Waals surface area contributed by atoms with Crippen LogP contribution in [0.1, 0.15) is 52.2 Å². The normalized spacial score (nSPS) is 15.5. The molecule has 1 aliphatic rings. The quantitative estimate of drug-likeness (QED) is 0.455. The van der Waals surface area contributed by atoms with Crippen molar-refractivity contribution in [1.29, 1.82) is 0 Å². The Kier molecular flexibility index (Phi) is 7.38. The van der Waals surface area contributed by atoms with Crippen molar-refractivity contribution >= 4 is 52.0 Å². The third-order valence-electron chi connectivity index (χ3n) is 5.99. The van der Waals surface area contributed by atoms with E-state index in [9.17, 15) is 14.4 Å². The highest BCUT2D eigenvalue weighted by molar-refractivity contribution is 6.34. The molecule has 3 N–H and O–H groups in total. The molecule has 2 aromatic carbocycles. The molecule has 1 aromatic heterocycles. The van der Waals surface area contributed by atoms with Gasteiger partial charge in [0.25, 0.3) is 11.8 Å². The number of benzene rings is 2. The van der Waals surface area contributed by atoms with Crippen LogP contribution < -0.4 is 10.6 Å². The third-order valence-corrected chi connectivity index (χ3v) is 6.54. The highest BCUT2D eigenvalue weighted by Gasteiger charge is 2.30. The fourth-order valence-electron chi connectivity index (χ4n) is 4.19. The number of hydrogen-bond acceptors (Lipinski definition) is 4. The maximum absolute atomic E-state index is 13.1. The average molecular weight is 502 g/mol. The molecule has 1 fully saturated rings. The number of aromatic nitrogens is 2. The van der Waals surface area contributed by atoms with Crippen molar-refractivity contribution in [3.63, 3.8) is 0 Å². The third kappa shape index (κ3) is 5.34. The second kappa shape index (κ2) is 10.4. The molecule has 0 aliphatic carbocycles. The zero-order chi connectivity index (χ0) is 24.2. The molecule has 1 aliphatic heterocycles. The first-order valence-electron chi connectivity index (χ1n) is 11.1. The van der Waals surface area contributed by atoms with Crippen LogP contribution in [0.25, 0.3) is 11.0 Å². The summed E-state index contributed by atoms with van der Waals surface area (Å²) in [6, 6.07) is 10.0. The number of likely N-dealkylation sites (tertiary alicyclic amines) is 1. The van der Waals surface area contributed by atoms with Crippen LogP contribution in [-0.4, -0.2) is 52.2 Å². The monoisotopic (exact) mass is 501 g/mol. The van der Waals surface area contributed by atoms with Crippen molar-refractivity contribution in [3.05, 3.63) is 63.4 Å². The summed E-state index contributed by atoms with van der Waals surface area (Å²) in [5.41, 5.74) is 2.24. The van der Waals surface area contributed by atoms with Crippen molar-refractivity contribution < 1.29 is 14.4 Å². The van der Waals surface area contributed by atoms with Crippen LogP contribution in [0, 0.1) is 0 Å². The van der Waals surface area contributed by atoms with Gasteiger partial charge in [0, 0.05) is 36.6 Å². The fraction of sp³-hybridized carbons (Fsp3) is 0.333. The van der Waals surface area contributed by atoms with Crippen LogP contribution in [-0.2, 0) is 11.3 Å². The number of imidazole rings is 1. The molecule has 0 saturated carbocycles. The number of halogens is 2. The minimum absolute atomic E-state index is 0.00234. The molecule has 1 saturated heterocycles. The van der Waals surface area contributed by atoms with Gasteiger partial charge in [-0.2, -0.15) is 0 Å². The number of carbonyl (C=O) groups is 3. The number of rotatable bonds is 7. The van der Waals surface area contributed by atoms with Crippen molar-refractivity contribution in [1.82, 2.24) is 25.5 Å². The summed E-state index contributed by atoms with van der Waals surface area (Å²) < 4.78 is 0. The van der Waals surface area contributed by atoms with Crippen molar-refractivity contribution in [2.45, 2.75) is 38.3 Å². The Hall–Kier alpha value is -3.10. The van der Waals surface area contributed by atoms with E-state index in [2.05, 4.69) is 20.6 Å². The van der Waals surface area contributed by atoms with E-state index in [-0.39, 0.29) is 35.3 Å². The van der Waals surface area contributed by atoms with Crippen LogP contribution in [0.4, 0.5) is 0 Å². The number of carbonyl (C=O) groups excluding carboxylic acids is 3. The number of hydrogen-bond donors (Lipinski definition) is 3. The molecule has 3 amide bonds. The standard InChI is InChI=1S/C24H25Cl2N5O3/c1-27-22(32)9-6-16-3-2-10-31(16)24(34)17-7-4-14(11-18(17)26)23(33)28-13-21-29-19-8-5-15(25)12-20(19)30-21/h4-5,7-8,11-12,16H,2-3,6,9-10,13H2,1H3,(H,27,32)(H,28,33)(H,29,30). The molecule has 0 radical (unpaired) electrons. The van der Waals surface area contributed by atoms with Gasteiger partial charge in [-0.05, 0) is 55.7 Å². The lowest BCUT2D eigenvalue weighted by Crippen LogP contribution is -2.36. The van der Waals surface area contributed by atoms with E-state index in [0.29, 0.717) is 41.4 Å². The molecule has 2 heterocycles. The minimum atomic E-state index is -0.330. The van der Waals surface area contributed by atoms with Gasteiger partial charge in [-0.3, -0.25) is 14.4 Å². The van der Waals surface area contributed by atoms with Crippen LogP contribution in [0.15, 0.2) is 36.4 Å². The van der Waals surface area contributed by atoms with Crippen molar-refractivity contribution in [3.8, 4) is 0 Å². The molecule has 34 heavy (non-hydrogen) atoms. The maximum atomic E-state index is 13.1. The van der Waals surface area contributed by atoms with E-state index in [4.69, 9.17) is 23.2 Å². The van der Waals surface area contributed by atoms with Crippen LogP contribution in [0.2, 0.25) is 10.0 Å². The van der Waals surface area contributed by atoms with Crippen molar-refractivity contribution in [2.75, 3.05) is 13.6 Å². The lowest BCUT2D eigenvalue weighted by atomic mass is 10.1. The molecular formula is C24H25Cl2N5O3. The zero-order valence-corrected chi connectivity index (χ0v) is 20.2. The summed E-state index contributed by atoms with van der Waals surface area (Å²) in [4.78, 5) is 46.7. The molecule has 8 nitrogen and oxygen atoms in total. The summed E-state index contributed by atoms with van der Waals surface area (Å²) in [5.74, 6) is 0.0424. The molecule has 178 valence electrons. The lowest BCUT2D eigenvalue weighted by molar-refractivity contribution is -0.120. The van der Waals surface area contributed by atoms with Gasteiger partial charge in [0.1, 0.15) is 5.82 Å². The molecule has 1 atom stereocenters.